The highest BCUT2D eigenvalue weighted by molar-refractivity contribution is 5.89. The Bertz CT molecular complexity index is 647. The Kier molecular flexibility index (Phi) is 3.52. The number of carbonyl (C=O) groups is 1. The largest absolute Gasteiger partial charge is 0.478 e. The van der Waals surface area contributed by atoms with Gasteiger partial charge in [-0.3, -0.25) is 4.98 Å². The standard InChI is InChI=1S/C13H11F3N2O2/c1-8-3-2-4-17-11(8)7-18-5-9(12(19)20)10(6-18)13(14,15)16/h2-6H,7H2,1H3,(H,19,20). The Morgan fingerprint density at radius 2 is 2.10 bits per heavy atom. The van der Waals surface area contributed by atoms with Crippen molar-refractivity contribution in [3.05, 3.63) is 53.1 Å². The number of halogens is 3. The minimum Gasteiger partial charge on any atom is -0.478 e. The molecule has 0 bridgehead atoms. The van der Waals surface area contributed by atoms with Gasteiger partial charge in [-0.2, -0.15) is 13.2 Å². The number of aromatic carboxylic acids is 1. The van der Waals surface area contributed by atoms with Crippen LogP contribution in [0.25, 0.3) is 0 Å². The monoisotopic (exact) mass is 284 g/mol. The molecule has 0 atom stereocenters. The predicted octanol–water partition coefficient (Wildman–Crippen LogP) is 2.96. The highest BCUT2D eigenvalue weighted by Crippen LogP contribution is 2.32. The number of hydrogen-bond acceptors (Lipinski definition) is 2. The second kappa shape index (κ2) is 4.99. The Balaban J connectivity index is 2.40. The number of carboxylic acid groups (broad SMARTS) is 1. The van der Waals surface area contributed by atoms with Gasteiger partial charge in [0, 0.05) is 18.6 Å². The third-order valence-corrected chi connectivity index (χ3v) is 2.87. The van der Waals surface area contributed by atoms with Gasteiger partial charge in [0.15, 0.2) is 0 Å². The third kappa shape index (κ3) is 2.81. The molecule has 0 fully saturated rings. The fourth-order valence-electron chi connectivity index (χ4n) is 1.85. The first kappa shape index (κ1) is 14.1. The van der Waals surface area contributed by atoms with Crippen LogP contribution in [-0.4, -0.2) is 20.6 Å². The van der Waals surface area contributed by atoms with Crippen molar-refractivity contribution in [2.24, 2.45) is 0 Å². The van der Waals surface area contributed by atoms with Crippen LogP contribution in [0.1, 0.15) is 27.2 Å². The van der Waals surface area contributed by atoms with Gasteiger partial charge in [0.1, 0.15) is 0 Å². The summed E-state index contributed by atoms with van der Waals surface area (Å²) in [5.41, 5.74) is -0.496. The normalized spacial score (nSPS) is 11.6. The van der Waals surface area contributed by atoms with Crippen LogP contribution >= 0.6 is 0 Å². The summed E-state index contributed by atoms with van der Waals surface area (Å²) in [6.07, 6.45) is -1.40. The van der Waals surface area contributed by atoms with Crippen LogP contribution in [0, 0.1) is 6.92 Å². The molecule has 0 saturated carbocycles. The Hall–Kier alpha value is -2.31. The van der Waals surface area contributed by atoms with Crippen molar-refractivity contribution in [1.29, 1.82) is 0 Å². The molecular weight excluding hydrogens is 273 g/mol. The molecule has 20 heavy (non-hydrogen) atoms. The van der Waals surface area contributed by atoms with Gasteiger partial charge < -0.3 is 9.67 Å². The zero-order valence-corrected chi connectivity index (χ0v) is 10.5. The number of alkyl halides is 3. The van der Waals surface area contributed by atoms with E-state index in [-0.39, 0.29) is 6.54 Å². The highest BCUT2D eigenvalue weighted by atomic mass is 19.4. The number of hydrogen-bond donors (Lipinski definition) is 1. The van der Waals surface area contributed by atoms with E-state index in [4.69, 9.17) is 5.11 Å². The zero-order chi connectivity index (χ0) is 14.9. The number of nitrogens with zero attached hydrogens (tertiary/aromatic N) is 2. The first-order valence-electron chi connectivity index (χ1n) is 5.70. The molecule has 4 nitrogen and oxygen atoms in total. The van der Waals surface area contributed by atoms with Crippen molar-refractivity contribution < 1.29 is 23.1 Å². The molecule has 106 valence electrons. The summed E-state index contributed by atoms with van der Waals surface area (Å²) in [5, 5.41) is 8.83. The molecule has 0 aliphatic heterocycles. The Morgan fingerprint density at radius 3 is 2.60 bits per heavy atom. The number of carboxylic acids is 1. The second-order valence-electron chi connectivity index (χ2n) is 4.33. The van der Waals surface area contributed by atoms with E-state index >= 15 is 0 Å². The van der Waals surface area contributed by atoms with Crippen LogP contribution < -0.4 is 0 Å². The van der Waals surface area contributed by atoms with Crippen molar-refractivity contribution in [3.63, 3.8) is 0 Å². The summed E-state index contributed by atoms with van der Waals surface area (Å²) < 4.78 is 39.4. The van der Waals surface area contributed by atoms with Crippen molar-refractivity contribution in [1.82, 2.24) is 9.55 Å². The molecule has 0 aromatic carbocycles. The zero-order valence-electron chi connectivity index (χ0n) is 10.5. The smallest absolute Gasteiger partial charge is 0.418 e. The molecule has 2 aromatic rings. The topological polar surface area (TPSA) is 55.1 Å². The van der Waals surface area contributed by atoms with Crippen molar-refractivity contribution in [2.75, 3.05) is 0 Å². The second-order valence-corrected chi connectivity index (χ2v) is 4.33. The molecule has 2 aromatic heterocycles. The SMILES string of the molecule is Cc1cccnc1Cn1cc(C(=O)O)c(C(F)(F)F)c1. The third-order valence-electron chi connectivity index (χ3n) is 2.87. The van der Waals surface area contributed by atoms with Crippen LogP contribution in [0.15, 0.2) is 30.7 Å². The van der Waals surface area contributed by atoms with E-state index in [1.807, 2.05) is 0 Å². The van der Waals surface area contributed by atoms with Crippen LogP contribution in [0.2, 0.25) is 0 Å². The minimum absolute atomic E-state index is 0.0863. The summed E-state index contributed by atoms with van der Waals surface area (Å²) in [6.45, 7) is 1.87. The van der Waals surface area contributed by atoms with Gasteiger partial charge in [0.25, 0.3) is 0 Å². The van der Waals surface area contributed by atoms with Crippen LogP contribution in [0.4, 0.5) is 13.2 Å². The summed E-state index contributed by atoms with van der Waals surface area (Å²) in [6, 6.07) is 3.51. The number of aromatic nitrogens is 2. The molecule has 0 aliphatic rings. The molecule has 0 saturated heterocycles. The molecule has 2 heterocycles. The average Bonchev–Trinajstić information content (AvgIpc) is 2.76. The Labute approximate surface area is 112 Å². The van der Waals surface area contributed by atoms with Gasteiger partial charge in [-0.15, -0.1) is 0 Å². The van der Waals surface area contributed by atoms with Gasteiger partial charge in [-0.1, -0.05) is 6.07 Å². The average molecular weight is 284 g/mol. The maximum atomic E-state index is 12.7. The molecule has 0 aliphatic carbocycles. The van der Waals surface area contributed by atoms with E-state index in [9.17, 15) is 18.0 Å². The molecule has 2 rings (SSSR count). The van der Waals surface area contributed by atoms with Crippen molar-refractivity contribution >= 4 is 5.97 Å². The van der Waals surface area contributed by atoms with Crippen LogP contribution in [-0.2, 0) is 12.7 Å². The maximum absolute atomic E-state index is 12.7. The van der Waals surface area contributed by atoms with Gasteiger partial charge in [-0.25, -0.2) is 4.79 Å². The first-order valence-corrected chi connectivity index (χ1v) is 5.70. The lowest BCUT2D eigenvalue weighted by Crippen LogP contribution is -2.09. The highest BCUT2D eigenvalue weighted by Gasteiger charge is 2.37. The van der Waals surface area contributed by atoms with Gasteiger partial charge in [0.2, 0.25) is 0 Å². The Morgan fingerprint density at radius 1 is 1.40 bits per heavy atom. The number of aryl methyl sites for hydroxylation is 1. The fourth-order valence-corrected chi connectivity index (χ4v) is 1.85. The molecular formula is C13H11F3N2O2. The molecule has 0 unspecified atom stereocenters. The lowest BCUT2D eigenvalue weighted by atomic mass is 10.2. The van der Waals surface area contributed by atoms with E-state index in [1.54, 1.807) is 19.1 Å². The van der Waals surface area contributed by atoms with E-state index in [0.717, 1.165) is 18.0 Å². The molecule has 0 radical (unpaired) electrons. The molecule has 0 amide bonds. The van der Waals surface area contributed by atoms with Crippen LogP contribution in [0.3, 0.4) is 0 Å². The van der Waals surface area contributed by atoms with Crippen molar-refractivity contribution in [2.45, 2.75) is 19.6 Å². The number of pyridine rings is 1. The summed E-state index contributed by atoms with van der Waals surface area (Å²) in [5.74, 6) is -1.60. The predicted molar refractivity (Wildman–Crippen MR) is 64.5 cm³/mol. The molecule has 1 N–H and O–H groups in total. The van der Waals surface area contributed by atoms with E-state index in [2.05, 4.69) is 4.98 Å². The van der Waals surface area contributed by atoms with E-state index in [0.29, 0.717) is 5.69 Å². The summed E-state index contributed by atoms with van der Waals surface area (Å²) >= 11 is 0. The minimum atomic E-state index is -4.70. The lowest BCUT2D eigenvalue weighted by Gasteiger charge is -2.06. The van der Waals surface area contributed by atoms with Gasteiger partial charge in [-0.05, 0) is 18.6 Å². The maximum Gasteiger partial charge on any atom is 0.418 e. The quantitative estimate of drug-likeness (QED) is 0.942. The van der Waals surface area contributed by atoms with Crippen molar-refractivity contribution in [3.8, 4) is 0 Å². The van der Waals surface area contributed by atoms with E-state index < -0.39 is 23.3 Å². The summed E-state index contributed by atoms with van der Waals surface area (Å²) in [7, 11) is 0. The lowest BCUT2D eigenvalue weighted by molar-refractivity contribution is -0.138. The van der Waals surface area contributed by atoms with Crippen LogP contribution in [0.5, 0.6) is 0 Å². The number of rotatable bonds is 3. The van der Waals surface area contributed by atoms with E-state index in [1.165, 1.54) is 10.8 Å². The summed E-state index contributed by atoms with van der Waals surface area (Å²) in [4.78, 5) is 14.9. The molecule has 7 heteroatoms. The first-order chi connectivity index (χ1) is 9.29. The van der Waals surface area contributed by atoms with Gasteiger partial charge >= 0.3 is 12.1 Å². The fraction of sp³-hybridized carbons (Fsp3) is 0.231. The van der Waals surface area contributed by atoms with Gasteiger partial charge in [0.05, 0.1) is 23.4 Å². The molecule has 0 spiro atoms.